The summed E-state index contributed by atoms with van der Waals surface area (Å²) in [7, 11) is 1.89. The molecule has 0 spiro atoms. The maximum absolute atomic E-state index is 13.0. The van der Waals surface area contributed by atoms with E-state index in [0.29, 0.717) is 18.7 Å². The van der Waals surface area contributed by atoms with E-state index in [1.165, 1.54) is 25.7 Å². The molecule has 2 aliphatic heterocycles. The summed E-state index contributed by atoms with van der Waals surface area (Å²) in [4.78, 5) is 30.8. The molecule has 148 valence electrons. The minimum absolute atomic E-state index is 0.0206. The Hall–Kier alpha value is -2.08. The zero-order chi connectivity index (χ0) is 19.4. The van der Waals surface area contributed by atoms with Gasteiger partial charge in [-0.1, -0.05) is 12.8 Å². The Morgan fingerprint density at radius 1 is 1.07 bits per heavy atom. The molecule has 0 bridgehead atoms. The SMILES string of the molecule is CN(C(=O)c1ccc(N2CCNC2=O)cc1)C(C)(C)CN1CCCCCC1. The molecule has 2 heterocycles. The van der Waals surface area contributed by atoms with E-state index in [-0.39, 0.29) is 17.5 Å². The van der Waals surface area contributed by atoms with Crippen molar-refractivity contribution in [3.05, 3.63) is 29.8 Å². The van der Waals surface area contributed by atoms with Crippen molar-refractivity contribution in [1.29, 1.82) is 0 Å². The summed E-state index contributed by atoms with van der Waals surface area (Å²) >= 11 is 0. The van der Waals surface area contributed by atoms with Crippen molar-refractivity contribution in [2.24, 2.45) is 0 Å². The lowest BCUT2D eigenvalue weighted by Gasteiger charge is -2.39. The van der Waals surface area contributed by atoms with E-state index in [1.807, 2.05) is 36.2 Å². The van der Waals surface area contributed by atoms with Crippen LogP contribution in [0, 0.1) is 0 Å². The number of likely N-dealkylation sites (tertiary alicyclic amines) is 1. The fourth-order valence-corrected chi connectivity index (χ4v) is 3.92. The van der Waals surface area contributed by atoms with Gasteiger partial charge in [0.15, 0.2) is 0 Å². The van der Waals surface area contributed by atoms with Gasteiger partial charge < -0.3 is 15.1 Å². The largest absolute Gasteiger partial charge is 0.336 e. The molecule has 27 heavy (non-hydrogen) atoms. The topological polar surface area (TPSA) is 55.9 Å². The molecule has 1 aromatic rings. The number of likely N-dealkylation sites (N-methyl/N-ethyl adjacent to an activating group) is 1. The number of urea groups is 1. The summed E-state index contributed by atoms with van der Waals surface area (Å²) in [6, 6.07) is 7.27. The number of benzene rings is 1. The summed E-state index contributed by atoms with van der Waals surface area (Å²) in [5, 5.41) is 2.79. The first-order valence-corrected chi connectivity index (χ1v) is 10.0. The van der Waals surface area contributed by atoms with E-state index in [2.05, 4.69) is 24.1 Å². The number of anilines is 1. The van der Waals surface area contributed by atoms with Crippen LogP contribution in [0.3, 0.4) is 0 Å². The van der Waals surface area contributed by atoms with Crippen LogP contribution >= 0.6 is 0 Å². The average Bonchev–Trinajstić information content (AvgIpc) is 2.92. The van der Waals surface area contributed by atoms with Crippen LogP contribution in [0.15, 0.2) is 24.3 Å². The highest BCUT2D eigenvalue weighted by Gasteiger charge is 2.31. The highest BCUT2D eigenvalue weighted by atomic mass is 16.2. The van der Waals surface area contributed by atoms with Crippen molar-refractivity contribution in [3.8, 4) is 0 Å². The minimum atomic E-state index is -0.241. The summed E-state index contributed by atoms with van der Waals surface area (Å²) < 4.78 is 0. The number of hydrogen-bond donors (Lipinski definition) is 1. The second-order valence-corrected chi connectivity index (χ2v) is 8.30. The van der Waals surface area contributed by atoms with E-state index in [1.54, 1.807) is 4.90 Å². The second kappa shape index (κ2) is 8.30. The number of rotatable bonds is 5. The van der Waals surface area contributed by atoms with Gasteiger partial charge in [-0.3, -0.25) is 9.69 Å². The van der Waals surface area contributed by atoms with E-state index < -0.39 is 0 Å². The fourth-order valence-electron chi connectivity index (χ4n) is 3.92. The van der Waals surface area contributed by atoms with Crippen LogP contribution in [-0.4, -0.2) is 67.0 Å². The molecule has 2 saturated heterocycles. The molecular weight excluding hydrogens is 340 g/mol. The molecule has 6 nitrogen and oxygen atoms in total. The smallest absolute Gasteiger partial charge is 0.321 e. The first-order valence-electron chi connectivity index (χ1n) is 10.0. The van der Waals surface area contributed by atoms with Gasteiger partial charge in [-0.25, -0.2) is 4.79 Å². The zero-order valence-electron chi connectivity index (χ0n) is 16.8. The number of amides is 3. The molecule has 0 radical (unpaired) electrons. The van der Waals surface area contributed by atoms with Crippen LogP contribution in [0.5, 0.6) is 0 Å². The Morgan fingerprint density at radius 2 is 1.70 bits per heavy atom. The van der Waals surface area contributed by atoms with Crippen molar-refractivity contribution >= 4 is 17.6 Å². The molecule has 0 atom stereocenters. The van der Waals surface area contributed by atoms with Crippen LogP contribution in [-0.2, 0) is 0 Å². The van der Waals surface area contributed by atoms with E-state index in [9.17, 15) is 9.59 Å². The molecule has 0 aliphatic carbocycles. The standard InChI is InChI=1S/C21H32N4O2/c1-21(2,16-24-13-6-4-5-7-14-24)23(3)19(26)17-8-10-18(11-9-17)25-15-12-22-20(25)27/h8-11H,4-7,12-16H2,1-3H3,(H,22,27). The molecule has 0 saturated carbocycles. The monoisotopic (exact) mass is 372 g/mol. The van der Waals surface area contributed by atoms with E-state index in [4.69, 9.17) is 0 Å². The number of carbonyl (C=O) groups excluding carboxylic acids is 2. The van der Waals surface area contributed by atoms with Gasteiger partial charge in [0.1, 0.15) is 0 Å². The number of nitrogens with one attached hydrogen (secondary N) is 1. The van der Waals surface area contributed by atoms with Crippen molar-refractivity contribution < 1.29 is 9.59 Å². The first-order chi connectivity index (χ1) is 12.9. The third-order valence-corrected chi connectivity index (χ3v) is 5.80. The Bertz CT molecular complexity index is 663. The van der Waals surface area contributed by atoms with Crippen LogP contribution in [0.4, 0.5) is 10.5 Å². The highest BCUT2D eigenvalue weighted by Crippen LogP contribution is 2.22. The molecule has 1 N–H and O–H groups in total. The lowest BCUT2D eigenvalue weighted by molar-refractivity contribution is 0.0536. The lowest BCUT2D eigenvalue weighted by Crippen LogP contribution is -2.52. The van der Waals surface area contributed by atoms with Gasteiger partial charge >= 0.3 is 6.03 Å². The van der Waals surface area contributed by atoms with Gasteiger partial charge in [-0.15, -0.1) is 0 Å². The third-order valence-electron chi connectivity index (χ3n) is 5.80. The molecule has 3 rings (SSSR count). The summed E-state index contributed by atoms with van der Waals surface area (Å²) in [6.07, 6.45) is 5.12. The van der Waals surface area contributed by atoms with E-state index in [0.717, 1.165) is 25.3 Å². The average molecular weight is 373 g/mol. The molecule has 6 heteroatoms. The molecule has 0 unspecified atom stereocenters. The van der Waals surface area contributed by atoms with Crippen molar-refractivity contribution in [2.45, 2.75) is 45.1 Å². The summed E-state index contributed by atoms with van der Waals surface area (Å²) in [6.45, 7) is 8.73. The van der Waals surface area contributed by atoms with Crippen LogP contribution in [0.1, 0.15) is 49.9 Å². The number of carbonyl (C=O) groups is 2. The van der Waals surface area contributed by atoms with Crippen molar-refractivity contribution in [2.75, 3.05) is 44.7 Å². The summed E-state index contributed by atoms with van der Waals surface area (Å²) in [5.41, 5.74) is 1.24. The van der Waals surface area contributed by atoms with Gasteiger partial charge in [-0.2, -0.15) is 0 Å². The second-order valence-electron chi connectivity index (χ2n) is 8.30. The van der Waals surface area contributed by atoms with Crippen molar-refractivity contribution in [3.63, 3.8) is 0 Å². The molecule has 2 aliphatic rings. The van der Waals surface area contributed by atoms with Crippen LogP contribution in [0.25, 0.3) is 0 Å². The molecule has 3 amide bonds. The maximum atomic E-state index is 13.0. The number of hydrogen-bond acceptors (Lipinski definition) is 3. The van der Waals surface area contributed by atoms with Crippen LogP contribution < -0.4 is 10.2 Å². The molecular formula is C21H32N4O2. The predicted molar refractivity (Wildman–Crippen MR) is 108 cm³/mol. The van der Waals surface area contributed by atoms with Crippen molar-refractivity contribution in [1.82, 2.24) is 15.1 Å². The third kappa shape index (κ3) is 4.61. The van der Waals surface area contributed by atoms with Gasteiger partial charge in [-0.05, 0) is 64.0 Å². The first kappa shape index (κ1) is 19.7. The van der Waals surface area contributed by atoms with Crippen LogP contribution in [0.2, 0.25) is 0 Å². The Morgan fingerprint density at radius 3 is 2.26 bits per heavy atom. The maximum Gasteiger partial charge on any atom is 0.321 e. The lowest BCUT2D eigenvalue weighted by atomic mass is 10.0. The Kier molecular flexibility index (Phi) is 6.05. The normalized spacial score (nSPS) is 18.9. The minimum Gasteiger partial charge on any atom is -0.336 e. The molecule has 1 aromatic carbocycles. The quantitative estimate of drug-likeness (QED) is 0.865. The van der Waals surface area contributed by atoms with E-state index >= 15 is 0 Å². The van der Waals surface area contributed by atoms with Gasteiger partial charge in [0.25, 0.3) is 5.91 Å². The summed E-state index contributed by atoms with van der Waals surface area (Å²) in [5.74, 6) is 0.0206. The molecule has 0 aromatic heterocycles. The van der Waals surface area contributed by atoms with Gasteiger partial charge in [0.2, 0.25) is 0 Å². The Labute approximate surface area is 162 Å². The van der Waals surface area contributed by atoms with Gasteiger partial charge in [0, 0.05) is 43.5 Å². The number of nitrogens with zero attached hydrogens (tertiary/aromatic N) is 3. The zero-order valence-corrected chi connectivity index (χ0v) is 16.8. The Balaban J connectivity index is 1.65. The fraction of sp³-hybridized carbons (Fsp3) is 0.619. The predicted octanol–water partition coefficient (Wildman–Crippen LogP) is 2.94. The molecule has 2 fully saturated rings. The highest BCUT2D eigenvalue weighted by molar-refractivity contribution is 5.97. The van der Waals surface area contributed by atoms with Gasteiger partial charge in [0.05, 0.1) is 0 Å².